The molecule has 0 aliphatic rings. The number of benzene rings is 1. The molecule has 2 heterocycles. The van der Waals surface area contributed by atoms with Crippen LogP contribution in [-0.2, 0) is 27.3 Å². The third-order valence-corrected chi connectivity index (χ3v) is 5.85. The molecule has 148 valence electrons. The van der Waals surface area contributed by atoms with Crippen molar-refractivity contribution in [1.29, 1.82) is 0 Å². The molecule has 2 aromatic heterocycles. The number of nitrogens with one attached hydrogen (secondary N) is 1. The summed E-state index contributed by atoms with van der Waals surface area (Å²) in [7, 11) is -6.54. The smallest absolute Gasteiger partial charge is 0.354 e. The second kappa shape index (κ2) is 6.78. The number of hydrogen-bond acceptors (Lipinski definition) is 6. The van der Waals surface area contributed by atoms with Gasteiger partial charge in [0.25, 0.3) is 10.0 Å². The number of hydrogen-bond donors (Lipinski definition) is 3. The van der Waals surface area contributed by atoms with Crippen LogP contribution >= 0.6 is 0 Å². The Balaban J connectivity index is 1.94. The molecule has 0 amide bonds. The molecule has 0 aliphatic heterocycles. The molecule has 0 unspecified atom stereocenters. The van der Waals surface area contributed by atoms with Crippen LogP contribution in [0.1, 0.15) is 10.5 Å². The summed E-state index contributed by atoms with van der Waals surface area (Å²) in [6.07, 6.45) is 3.72. The Bertz CT molecular complexity index is 1260. The minimum Gasteiger partial charge on any atom is -0.477 e. The normalized spacial score (nSPS) is 12.1. The first kappa shape index (κ1) is 19.6. The van der Waals surface area contributed by atoms with Crippen LogP contribution in [0.25, 0.3) is 11.1 Å². The highest BCUT2D eigenvalue weighted by molar-refractivity contribution is 7.92. The molecule has 1 aromatic carbocycles. The molecular formula is C15H15N5O6S2. The number of rotatable bonds is 6. The molecule has 3 aromatic rings. The Morgan fingerprint density at radius 1 is 1.14 bits per heavy atom. The molecule has 0 bridgehead atoms. The van der Waals surface area contributed by atoms with Crippen molar-refractivity contribution >= 4 is 31.9 Å². The predicted molar refractivity (Wildman–Crippen MR) is 99.3 cm³/mol. The maximum Gasteiger partial charge on any atom is 0.354 e. The first-order valence-electron chi connectivity index (χ1n) is 7.58. The van der Waals surface area contributed by atoms with E-state index >= 15 is 0 Å². The van der Waals surface area contributed by atoms with E-state index in [-0.39, 0.29) is 16.3 Å². The fourth-order valence-electron chi connectivity index (χ4n) is 2.52. The van der Waals surface area contributed by atoms with Crippen LogP contribution < -0.4 is 9.86 Å². The van der Waals surface area contributed by atoms with E-state index in [0.29, 0.717) is 9.54 Å². The third kappa shape index (κ3) is 3.76. The van der Waals surface area contributed by atoms with Gasteiger partial charge in [0.05, 0.1) is 6.33 Å². The second-order valence-corrected chi connectivity index (χ2v) is 8.84. The molecule has 0 atom stereocenters. The van der Waals surface area contributed by atoms with Crippen LogP contribution in [0.4, 0.5) is 5.69 Å². The minimum absolute atomic E-state index is 0.112. The standard InChI is InChI=1S/C15H15N5O6S2/c1-19-8-13(17-9-19)27(23,24)18-11-4-2-10(3-5-11)12-6-7-20(28(16,25)26)14(12)15(21)22/h2-9,18H,1H3,(H,21,22)(H2,16,25,26). The lowest BCUT2D eigenvalue weighted by atomic mass is 10.1. The lowest BCUT2D eigenvalue weighted by Crippen LogP contribution is -2.24. The summed E-state index contributed by atoms with van der Waals surface area (Å²) in [5, 5.41) is 14.2. The quantitative estimate of drug-likeness (QED) is 0.515. The van der Waals surface area contributed by atoms with Crippen LogP contribution in [0.2, 0.25) is 0 Å². The summed E-state index contributed by atoms with van der Waals surface area (Å²) in [5.74, 6) is -1.48. The van der Waals surface area contributed by atoms with Crippen LogP contribution in [0.15, 0.2) is 54.1 Å². The number of imidazole rings is 1. The number of aromatic nitrogens is 3. The average molecular weight is 425 g/mol. The zero-order valence-electron chi connectivity index (χ0n) is 14.3. The summed E-state index contributed by atoms with van der Waals surface area (Å²) in [4.78, 5) is 15.3. The van der Waals surface area contributed by atoms with Gasteiger partial charge >= 0.3 is 16.2 Å². The number of nitrogens with two attached hydrogens (primary N) is 1. The Morgan fingerprint density at radius 3 is 2.29 bits per heavy atom. The number of carboxylic acid groups (broad SMARTS) is 1. The molecule has 0 fully saturated rings. The SMILES string of the molecule is Cn1cnc(S(=O)(=O)Nc2ccc(-c3ccn(S(N)(=O)=O)c3C(=O)O)cc2)c1. The second-order valence-electron chi connectivity index (χ2n) is 5.78. The summed E-state index contributed by atoms with van der Waals surface area (Å²) in [6, 6.07) is 7.02. The highest BCUT2D eigenvalue weighted by atomic mass is 32.2. The molecule has 28 heavy (non-hydrogen) atoms. The molecule has 0 saturated heterocycles. The van der Waals surface area contributed by atoms with Crippen molar-refractivity contribution in [3.05, 3.63) is 54.7 Å². The van der Waals surface area contributed by atoms with Gasteiger partial charge in [-0.1, -0.05) is 12.1 Å². The van der Waals surface area contributed by atoms with E-state index in [2.05, 4.69) is 9.71 Å². The van der Waals surface area contributed by atoms with Crippen LogP contribution in [0, 0.1) is 0 Å². The van der Waals surface area contributed by atoms with Crippen molar-refractivity contribution < 1.29 is 26.7 Å². The molecule has 0 radical (unpaired) electrons. The van der Waals surface area contributed by atoms with Crippen molar-refractivity contribution in [2.45, 2.75) is 5.03 Å². The van der Waals surface area contributed by atoms with E-state index in [1.165, 1.54) is 47.4 Å². The molecule has 4 N–H and O–H groups in total. The van der Waals surface area contributed by atoms with Gasteiger partial charge in [-0.25, -0.2) is 18.9 Å². The van der Waals surface area contributed by atoms with Crippen molar-refractivity contribution in [2.24, 2.45) is 12.2 Å². The zero-order valence-corrected chi connectivity index (χ0v) is 16.0. The summed E-state index contributed by atoms with van der Waals surface area (Å²) in [6.45, 7) is 0. The number of nitrogens with zero attached hydrogens (tertiary/aromatic N) is 3. The van der Waals surface area contributed by atoms with Crippen molar-refractivity contribution in [3.63, 3.8) is 0 Å². The van der Waals surface area contributed by atoms with Crippen molar-refractivity contribution in [1.82, 2.24) is 13.5 Å². The van der Waals surface area contributed by atoms with Gasteiger partial charge in [0.1, 0.15) is 0 Å². The highest BCUT2D eigenvalue weighted by Crippen LogP contribution is 2.27. The van der Waals surface area contributed by atoms with E-state index < -0.39 is 31.9 Å². The van der Waals surface area contributed by atoms with Gasteiger partial charge in [-0.15, -0.1) is 0 Å². The van der Waals surface area contributed by atoms with Gasteiger partial charge in [0, 0.05) is 30.7 Å². The third-order valence-electron chi connectivity index (χ3n) is 3.73. The molecular weight excluding hydrogens is 410 g/mol. The van der Waals surface area contributed by atoms with Gasteiger partial charge in [-0.3, -0.25) is 4.72 Å². The van der Waals surface area contributed by atoms with E-state index in [1.807, 2.05) is 0 Å². The molecule has 0 saturated carbocycles. The zero-order chi connectivity index (χ0) is 20.7. The predicted octanol–water partition coefficient (Wildman–Crippen LogP) is 0.439. The van der Waals surface area contributed by atoms with Gasteiger partial charge in [-0.2, -0.15) is 16.8 Å². The summed E-state index contributed by atoms with van der Waals surface area (Å²) in [5.41, 5.74) is 0.169. The fraction of sp³-hybridized carbons (Fsp3) is 0.0667. The first-order chi connectivity index (χ1) is 13.0. The average Bonchev–Trinajstić information content (AvgIpc) is 3.21. The van der Waals surface area contributed by atoms with Crippen molar-refractivity contribution in [2.75, 3.05) is 4.72 Å². The number of sulfonamides is 1. The summed E-state index contributed by atoms with van der Waals surface area (Å²) < 4.78 is 51.9. The van der Waals surface area contributed by atoms with Crippen LogP contribution in [0.5, 0.6) is 0 Å². The molecule has 13 heteroatoms. The van der Waals surface area contributed by atoms with E-state index in [9.17, 15) is 26.7 Å². The summed E-state index contributed by atoms with van der Waals surface area (Å²) >= 11 is 0. The Morgan fingerprint density at radius 2 is 1.79 bits per heavy atom. The van der Waals surface area contributed by atoms with Crippen molar-refractivity contribution in [3.8, 4) is 11.1 Å². The number of aromatic carboxylic acids is 1. The maximum atomic E-state index is 12.3. The van der Waals surface area contributed by atoms with Gasteiger partial charge < -0.3 is 9.67 Å². The number of anilines is 1. The highest BCUT2D eigenvalue weighted by Gasteiger charge is 2.23. The number of aryl methyl sites for hydroxylation is 1. The van der Waals surface area contributed by atoms with E-state index in [1.54, 1.807) is 7.05 Å². The fourth-order valence-corrected chi connectivity index (χ4v) is 4.23. The monoisotopic (exact) mass is 425 g/mol. The Hall–Kier alpha value is -3.16. The lowest BCUT2D eigenvalue weighted by Gasteiger charge is -2.08. The molecule has 3 rings (SSSR count). The molecule has 11 nitrogen and oxygen atoms in total. The Labute approximate surface area is 160 Å². The van der Waals surface area contributed by atoms with Gasteiger partial charge in [-0.05, 0) is 23.8 Å². The molecule has 0 aliphatic carbocycles. The Kier molecular flexibility index (Phi) is 4.74. The van der Waals surface area contributed by atoms with Crippen LogP contribution in [0.3, 0.4) is 0 Å². The first-order valence-corrected chi connectivity index (χ1v) is 10.6. The minimum atomic E-state index is -4.29. The maximum absolute atomic E-state index is 12.3. The topological polar surface area (TPSA) is 166 Å². The van der Waals surface area contributed by atoms with Gasteiger partial charge in [0.15, 0.2) is 10.7 Å². The number of carbonyl (C=O) groups is 1. The molecule has 0 spiro atoms. The van der Waals surface area contributed by atoms with E-state index in [0.717, 1.165) is 6.20 Å². The van der Waals surface area contributed by atoms with Crippen LogP contribution in [-0.4, -0.2) is 41.4 Å². The largest absolute Gasteiger partial charge is 0.477 e. The van der Waals surface area contributed by atoms with E-state index in [4.69, 9.17) is 5.14 Å². The number of carboxylic acids is 1. The van der Waals surface area contributed by atoms with Gasteiger partial charge in [0.2, 0.25) is 0 Å². The lowest BCUT2D eigenvalue weighted by molar-refractivity contribution is 0.0690.